The summed E-state index contributed by atoms with van der Waals surface area (Å²) in [5, 5.41) is 23.1. The van der Waals surface area contributed by atoms with Crippen molar-refractivity contribution in [2.75, 3.05) is 33.2 Å². The van der Waals surface area contributed by atoms with Crippen molar-refractivity contribution in [3.63, 3.8) is 0 Å². The molecule has 0 unspecified atom stereocenters. The standard InChI is InChI=1S/C35H52N4O5S/c1-29(2)24-9-10-33(6)25(32(24,5)20-23(22-36)28(29)41)19-27(40)35(42)26-21-31(4,13-11-30(26,3)12-14-34(33,35)7)37-45(43,44)39-17-15-38(8)16-18-39/h19-20,24,26,37,42H,9-18,21H2,1-8H3/t24-,26+,30+,31-,32-,33+,34-,35+/m0/s1. The first kappa shape index (κ1) is 33.0. The van der Waals surface area contributed by atoms with Crippen LogP contribution in [0.5, 0.6) is 0 Å². The summed E-state index contributed by atoms with van der Waals surface area (Å²) in [6.45, 7) is 16.5. The van der Waals surface area contributed by atoms with E-state index in [-0.39, 0.29) is 28.5 Å². The third kappa shape index (κ3) is 4.26. The number of carbonyl (C=O) groups excluding carboxylic acids is 2. The maximum atomic E-state index is 14.7. The molecule has 6 aliphatic rings. The zero-order chi connectivity index (χ0) is 33.2. The van der Waals surface area contributed by atoms with Gasteiger partial charge in [-0.2, -0.15) is 22.7 Å². The average molecular weight is 641 g/mol. The molecule has 6 rings (SSSR count). The Hall–Kier alpha value is -1.90. The number of nitrogens with zero attached hydrogens (tertiary/aromatic N) is 3. The summed E-state index contributed by atoms with van der Waals surface area (Å²) in [6.07, 6.45) is 8.16. The summed E-state index contributed by atoms with van der Waals surface area (Å²) in [4.78, 5) is 30.1. The minimum atomic E-state index is -3.76. The molecular weight excluding hydrogens is 588 g/mol. The van der Waals surface area contributed by atoms with Gasteiger partial charge < -0.3 is 10.0 Å². The van der Waals surface area contributed by atoms with Gasteiger partial charge in [-0.25, -0.2) is 0 Å². The Balaban J connectivity index is 1.42. The number of aliphatic hydroxyl groups is 1. The summed E-state index contributed by atoms with van der Waals surface area (Å²) < 4.78 is 31.8. The lowest BCUT2D eigenvalue weighted by Gasteiger charge is -2.71. The van der Waals surface area contributed by atoms with Gasteiger partial charge in [0.1, 0.15) is 11.7 Å². The molecular formula is C35H52N4O5S. The van der Waals surface area contributed by atoms with E-state index >= 15 is 0 Å². The molecule has 1 aliphatic heterocycles. The molecule has 0 bridgehead atoms. The number of nitrogens with one attached hydrogen (secondary N) is 1. The number of nitriles is 1. The second-order valence-corrected chi connectivity index (χ2v) is 18.9. The lowest BCUT2D eigenvalue weighted by molar-refractivity contribution is -0.239. The Bertz CT molecular complexity index is 1550. The van der Waals surface area contributed by atoms with Crippen LogP contribution in [0.3, 0.4) is 0 Å². The maximum Gasteiger partial charge on any atom is 0.280 e. The third-order valence-electron chi connectivity index (χ3n) is 14.4. The molecule has 0 radical (unpaired) electrons. The number of hydrogen-bond acceptors (Lipinski definition) is 7. The van der Waals surface area contributed by atoms with E-state index in [1.165, 1.54) is 4.31 Å². The van der Waals surface area contributed by atoms with Crippen LogP contribution in [0.1, 0.15) is 93.4 Å². The number of Topliss-reactive ketones (excluding diaryl/α,β-unsaturated/α-hetero) is 1. The zero-order valence-electron chi connectivity index (χ0n) is 28.4. The number of fused-ring (bicyclic) bond motifs is 7. The Morgan fingerprint density at radius 1 is 0.933 bits per heavy atom. The molecule has 45 heavy (non-hydrogen) atoms. The van der Waals surface area contributed by atoms with Gasteiger partial charge in [0.2, 0.25) is 0 Å². The van der Waals surface area contributed by atoms with E-state index in [0.29, 0.717) is 58.3 Å². The van der Waals surface area contributed by atoms with Crippen LogP contribution in [0.15, 0.2) is 23.3 Å². The first-order valence-corrected chi connectivity index (χ1v) is 18.2. The van der Waals surface area contributed by atoms with Crippen molar-refractivity contribution in [3.8, 4) is 6.07 Å². The molecule has 0 aromatic heterocycles. The number of hydrogen-bond donors (Lipinski definition) is 2. The molecule has 0 amide bonds. The number of rotatable bonds is 3. The predicted molar refractivity (Wildman–Crippen MR) is 172 cm³/mol. The van der Waals surface area contributed by atoms with Crippen LogP contribution in [0, 0.1) is 50.2 Å². The van der Waals surface area contributed by atoms with Crippen LogP contribution in [0.2, 0.25) is 0 Å². The number of ketones is 2. The van der Waals surface area contributed by atoms with Gasteiger partial charge >= 0.3 is 0 Å². The SMILES string of the molecule is CN1CCN(S(=O)(=O)N[C@@]2(C)CC[C@]3(C)CC[C@@]4(C)[C@]5(C)CC[C@H]6C(C)(C)C(=O)C(C#N)=C[C@]6(C)C5=CC(=O)[C@]4(O)[C@@H]3C2)CC1. The second-order valence-electron chi connectivity index (χ2n) is 17.2. The fourth-order valence-corrected chi connectivity index (χ4v) is 12.8. The van der Waals surface area contributed by atoms with Crippen LogP contribution in [0.25, 0.3) is 0 Å². The molecule has 4 fully saturated rings. The van der Waals surface area contributed by atoms with E-state index in [4.69, 9.17) is 0 Å². The highest BCUT2D eigenvalue weighted by atomic mass is 32.2. The highest BCUT2D eigenvalue weighted by molar-refractivity contribution is 7.87. The van der Waals surface area contributed by atoms with Gasteiger partial charge in [-0.3, -0.25) is 9.59 Å². The summed E-state index contributed by atoms with van der Waals surface area (Å²) >= 11 is 0. The van der Waals surface area contributed by atoms with Crippen molar-refractivity contribution in [2.45, 2.75) is 105 Å². The first-order valence-electron chi connectivity index (χ1n) is 16.8. The molecule has 248 valence electrons. The highest BCUT2D eigenvalue weighted by Crippen LogP contribution is 2.75. The van der Waals surface area contributed by atoms with Crippen molar-refractivity contribution in [1.29, 1.82) is 5.26 Å². The average Bonchev–Trinajstić information content (AvgIpc) is 2.95. The van der Waals surface area contributed by atoms with E-state index in [0.717, 1.165) is 18.4 Å². The molecule has 3 saturated carbocycles. The summed E-state index contributed by atoms with van der Waals surface area (Å²) in [5.41, 5.74) is -4.58. The van der Waals surface area contributed by atoms with Crippen LogP contribution in [-0.2, 0) is 19.8 Å². The summed E-state index contributed by atoms with van der Waals surface area (Å²) in [5.74, 6) is -0.981. The number of carbonyl (C=O) groups is 2. The molecule has 1 saturated heterocycles. The fourth-order valence-electron chi connectivity index (χ4n) is 11.3. The Morgan fingerprint density at radius 3 is 2.18 bits per heavy atom. The zero-order valence-corrected chi connectivity index (χ0v) is 29.2. The number of piperazine rings is 1. The van der Waals surface area contributed by atoms with Crippen molar-refractivity contribution < 1.29 is 23.1 Å². The van der Waals surface area contributed by atoms with Crippen molar-refractivity contribution in [1.82, 2.24) is 13.9 Å². The molecule has 0 spiro atoms. The van der Waals surface area contributed by atoms with Gasteiger partial charge in [0.05, 0.1) is 5.57 Å². The first-order chi connectivity index (χ1) is 20.6. The molecule has 8 atom stereocenters. The van der Waals surface area contributed by atoms with Crippen molar-refractivity contribution in [3.05, 3.63) is 23.3 Å². The minimum Gasteiger partial charge on any atom is -0.381 e. The van der Waals surface area contributed by atoms with Crippen LogP contribution < -0.4 is 4.72 Å². The topological polar surface area (TPSA) is 131 Å². The molecule has 2 N–H and O–H groups in total. The van der Waals surface area contributed by atoms with Crippen LogP contribution >= 0.6 is 0 Å². The minimum absolute atomic E-state index is 0.0765. The van der Waals surface area contributed by atoms with Gasteiger partial charge in [0.25, 0.3) is 10.2 Å². The van der Waals surface area contributed by atoms with Crippen LogP contribution in [-0.4, -0.2) is 78.7 Å². The van der Waals surface area contributed by atoms with Crippen molar-refractivity contribution in [2.24, 2.45) is 38.9 Å². The Kier molecular flexibility index (Phi) is 7.21. The normalized spacial score (nSPS) is 46.9. The van der Waals surface area contributed by atoms with Gasteiger partial charge in [-0.1, -0.05) is 47.6 Å². The number of allylic oxidation sites excluding steroid dienone is 3. The van der Waals surface area contributed by atoms with Crippen molar-refractivity contribution >= 4 is 21.8 Å². The molecule has 0 aromatic rings. The smallest absolute Gasteiger partial charge is 0.280 e. The van der Waals surface area contributed by atoms with Gasteiger partial charge in [-0.15, -0.1) is 0 Å². The monoisotopic (exact) mass is 640 g/mol. The Morgan fingerprint density at radius 2 is 1.56 bits per heavy atom. The van der Waals surface area contributed by atoms with E-state index in [2.05, 4.69) is 43.4 Å². The molecule has 1 heterocycles. The van der Waals surface area contributed by atoms with Crippen LogP contribution in [0.4, 0.5) is 0 Å². The highest BCUT2D eigenvalue weighted by Gasteiger charge is 2.75. The van der Waals surface area contributed by atoms with E-state index in [1.807, 2.05) is 33.9 Å². The number of likely N-dealkylation sites (N-methyl/N-ethyl adjacent to an activating group) is 1. The predicted octanol–water partition coefficient (Wildman–Crippen LogP) is 4.16. The lowest BCUT2D eigenvalue weighted by atomic mass is 9.33. The summed E-state index contributed by atoms with van der Waals surface area (Å²) in [6, 6.07) is 2.14. The van der Waals surface area contributed by atoms with E-state index < -0.39 is 48.9 Å². The molecule has 0 aromatic carbocycles. The van der Waals surface area contributed by atoms with Gasteiger partial charge in [0.15, 0.2) is 11.6 Å². The third-order valence-corrected chi connectivity index (χ3v) is 16.2. The molecule has 10 heteroatoms. The Labute approximate surface area is 269 Å². The van der Waals surface area contributed by atoms with E-state index in [9.17, 15) is 28.4 Å². The molecule has 5 aliphatic carbocycles. The van der Waals surface area contributed by atoms with Gasteiger partial charge in [-0.05, 0) is 87.3 Å². The quantitative estimate of drug-likeness (QED) is 0.474. The second kappa shape index (κ2) is 9.82. The molecule has 9 nitrogen and oxygen atoms in total. The summed E-state index contributed by atoms with van der Waals surface area (Å²) in [7, 11) is -1.77. The lowest BCUT2D eigenvalue weighted by Crippen LogP contribution is -2.74. The van der Waals surface area contributed by atoms with Gasteiger partial charge in [0, 0.05) is 53.9 Å². The van der Waals surface area contributed by atoms with E-state index in [1.54, 1.807) is 6.08 Å². The largest absolute Gasteiger partial charge is 0.381 e. The fraction of sp³-hybridized carbons (Fsp3) is 0.800. The maximum absolute atomic E-state index is 14.7.